The Kier molecular flexibility index (Phi) is 5.45. The molecule has 0 spiro atoms. The van der Waals surface area contributed by atoms with Gasteiger partial charge in [0, 0.05) is 25.0 Å². The molecular weight excluding hydrogens is 431 g/mol. The van der Waals surface area contributed by atoms with Crippen molar-refractivity contribution in [3.63, 3.8) is 0 Å². The SMILES string of the molecule is COc1cc(-c2ccc3nc(C)n(C(c4ccccc4)c4ncccc4F)c3c2)cn(C)c1=O. The summed E-state index contributed by atoms with van der Waals surface area (Å²) in [5, 5.41) is 0. The minimum atomic E-state index is -0.502. The summed E-state index contributed by atoms with van der Waals surface area (Å²) >= 11 is 0. The lowest BCUT2D eigenvalue weighted by Gasteiger charge is -2.22. The van der Waals surface area contributed by atoms with Gasteiger partial charge in [0.25, 0.3) is 5.56 Å². The first-order chi connectivity index (χ1) is 16.5. The Morgan fingerprint density at radius 2 is 1.79 bits per heavy atom. The standard InChI is InChI=1S/C27H23FN4O2/c1-17-30-22-12-11-19(20-15-24(34-3)27(33)31(2)16-20)14-23(22)32(17)26(18-8-5-4-6-9-18)25-21(28)10-7-13-29-25/h4-16,26H,1-3H3. The van der Waals surface area contributed by atoms with Crippen molar-refractivity contribution in [1.82, 2.24) is 19.1 Å². The molecule has 0 fully saturated rings. The molecule has 6 nitrogen and oxygen atoms in total. The van der Waals surface area contributed by atoms with Crippen LogP contribution in [-0.4, -0.2) is 26.2 Å². The molecule has 3 heterocycles. The maximum atomic E-state index is 15.0. The smallest absolute Gasteiger partial charge is 0.292 e. The number of hydrogen-bond acceptors (Lipinski definition) is 4. The summed E-state index contributed by atoms with van der Waals surface area (Å²) in [6.45, 7) is 1.91. The molecule has 1 unspecified atom stereocenters. The number of aromatic nitrogens is 4. The largest absolute Gasteiger partial charge is 0.491 e. The number of nitrogens with zero attached hydrogens (tertiary/aromatic N) is 4. The molecule has 0 amide bonds. The summed E-state index contributed by atoms with van der Waals surface area (Å²) in [5.41, 5.74) is 4.35. The van der Waals surface area contributed by atoms with Crippen molar-refractivity contribution >= 4 is 11.0 Å². The third-order valence-corrected chi connectivity index (χ3v) is 5.99. The average Bonchev–Trinajstić information content (AvgIpc) is 3.17. The second-order valence-corrected chi connectivity index (χ2v) is 8.13. The van der Waals surface area contributed by atoms with Gasteiger partial charge in [-0.2, -0.15) is 0 Å². The van der Waals surface area contributed by atoms with Gasteiger partial charge in [-0.3, -0.25) is 9.78 Å². The average molecular weight is 455 g/mol. The van der Waals surface area contributed by atoms with Crippen molar-refractivity contribution in [1.29, 1.82) is 0 Å². The van der Waals surface area contributed by atoms with E-state index < -0.39 is 6.04 Å². The summed E-state index contributed by atoms with van der Waals surface area (Å²) < 4.78 is 23.8. The van der Waals surface area contributed by atoms with Gasteiger partial charge in [-0.15, -0.1) is 0 Å². The number of hydrogen-bond donors (Lipinski definition) is 0. The summed E-state index contributed by atoms with van der Waals surface area (Å²) in [4.78, 5) is 21.4. The van der Waals surface area contributed by atoms with Crippen molar-refractivity contribution in [3.8, 4) is 16.9 Å². The molecule has 0 aliphatic heterocycles. The van der Waals surface area contributed by atoms with Crippen LogP contribution in [0.5, 0.6) is 5.75 Å². The fraction of sp³-hybridized carbons (Fsp3) is 0.148. The number of imidazole rings is 1. The monoisotopic (exact) mass is 454 g/mol. The first kappa shape index (κ1) is 21.6. The van der Waals surface area contributed by atoms with E-state index in [1.807, 2.05) is 60.0 Å². The van der Waals surface area contributed by atoms with E-state index >= 15 is 4.39 Å². The van der Waals surface area contributed by atoms with Crippen LogP contribution in [0, 0.1) is 12.7 Å². The number of methoxy groups -OCH3 is 1. The zero-order valence-electron chi connectivity index (χ0n) is 19.1. The van der Waals surface area contributed by atoms with Crippen molar-refractivity contribution in [3.05, 3.63) is 112 Å². The number of ether oxygens (including phenoxy) is 1. The fourth-order valence-electron chi connectivity index (χ4n) is 4.37. The van der Waals surface area contributed by atoms with E-state index in [1.54, 1.807) is 31.6 Å². The van der Waals surface area contributed by atoms with Gasteiger partial charge in [0.05, 0.1) is 18.1 Å². The maximum absolute atomic E-state index is 15.0. The Morgan fingerprint density at radius 3 is 2.53 bits per heavy atom. The summed E-state index contributed by atoms with van der Waals surface area (Å²) in [6.07, 6.45) is 3.37. The van der Waals surface area contributed by atoms with Crippen LogP contribution in [0.25, 0.3) is 22.2 Å². The zero-order valence-corrected chi connectivity index (χ0v) is 19.1. The molecule has 0 aliphatic rings. The third-order valence-electron chi connectivity index (χ3n) is 5.99. The molecule has 34 heavy (non-hydrogen) atoms. The minimum Gasteiger partial charge on any atom is -0.491 e. The molecule has 170 valence electrons. The Bertz CT molecular complexity index is 1560. The van der Waals surface area contributed by atoms with Crippen molar-refractivity contribution in [2.75, 3.05) is 7.11 Å². The van der Waals surface area contributed by atoms with Gasteiger partial charge >= 0.3 is 0 Å². The molecule has 0 N–H and O–H groups in total. The van der Waals surface area contributed by atoms with E-state index in [2.05, 4.69) is 4.98 Å². The van der Waals surface area contributed by atoms with Crippen LogP contribution in [-0.2, 0) is 7.05 Å². The lowest BCUT2D eigenvalue weighted by molar-refractivity contribution is 0.405. The van der Waals surface area contributed by atoms with E-state index in [4.69, 9.17) is 9.72 Å². The van der Waals surface area contributed by atoms with E-state index in [0.29, 0.717) is 5.69 Å². The number of pyridine rings is 2. The van der Waals surface area contributed by atoms with Crippen LogP contribution in [0.1, 0.15) is 23.1 Å². The highest BCUT2D eigenvalue weighted by atomic mass is 19.1. The Balaban J connectivity index is 1.76. The first-order valence-electron chi connectivity index (χ1n) is 10.9. The van der Waals surface area contributed by atoms with E-state index in [1.165, 1.54) is 17.7 Å². The van der Waals surface area contributed by atoms with Crippen LogP contribution < -0.4 is 10.3 Å². The normalized spacial score (nSPS) is 12.1. The third kappa shape index (κ3) is 3.65. The molecule has 5 aromatic rings. The molecule has 0 saturated heterocycles. The van der Waals surface area contributed by atoms with Gasteiger partial charge < -0.3 is 13.9 Å². The number of halogens is 1. The lowest BCUT2D eigenvalue weighted by atomic mass is 10.0. The number of aryl methyl sites for hydroxylation is 2. The second kappa shape index (κ2) is 8.59. The van der Waals surface area contributed by atoms with Crippen molar-refractivity contribution in [2.45, 2.75) is 13.0 Å². The number of rotatable bonds is 5. The Morgan fingerprint density at radius 1 is 1.00 bits per heavy atom. The Hall–Kier alpha value is -4.26. The van der Waals surface area contributed by atoms with E-state index in [0.717, 1.165) is 33.5 Å². The molecule has 3 aromatic heterocycles. The van der Waals surface area contributed by atoms with Gasteiger partial charge in [-0.1, -0.05) is 36.4 Å². The lowest BCUT2D eigenvalue weighted by Crippen LogP contribution is -2.18. The summed E-state index contributed by atoms with van der Waals surface area (Å²) in [7, 11) is 3.17. The number of fused-ring (bicyclic) bond motifs is 1. The molecule has 0 aliphatic carbocycles. The van der Waals surface area contributed by atoms with Crippen molar-refractivity contribution in [2.24, 2.45) is 7.05 Å². The molecular formula is C27H23FN4O2. The van der Waals surface area contributed by atoms with Crippen LogP contribution in [0.2, 0.25) is 0 Å². The van der Waals surface area contributed by atoms with Gasteiger partial charge in [0.2, 0.25) is 0 Å². The molecule has 0 radical (unpaired) electrons. The highest BCUT2D eigenvalue weighted by molar-refractivity contribution is 5.83. The van der Waals surface area contributed by atoms with Crippen molar-refractivity contribution < 1.29 is 9.13 Å². The molecule has 1 atom stereocenters. The predicted molar refractivity (Wildman–Crippen MR) is 130 cm³/mol. The fourth-order valence-corrected chi connectivity index (χ4v) is 4.37. The van der Waals surface area contributed by atoms with Crippen LogP contribution in [0.4, 0.5) is 4.39 Å². The molecule has 7 heteroatoms. The zero-order chi connectivity index (χ0) is 23.8. The Labute approximate surface area is 195 Å². The molecule has 5 rings (SSSR count). The molecule has 0 bridgehead atoms. The topological polar surface area (TPSA) is 61.9 Å². The minimum absolute atomic E-state index is 0.206. The van der Waals surface area contributed by atoms with Gasteiger partial charge in [-0.25, -0.2) is 9.37 Å². The number of benzene rings is 2. The molecule has 2 aromatic carbocycles. The van der Waals surface area contributed by atoms with Crippen LogP contribution in [0.3, 0.4) is 0 Å². The second-order valence-electron chi connectivity index (χ2n) is 8.13. The summed E-state index contributed by atoms with van der Waals surface area (Å²) in [5.74, 6) is 0.628. The highest BCUT2D eigenvalue weighted by Crippen LogP contribution is 2.34. The van der Waals surface area contributed by atoms with Gasteiger partial charge in [0.15, 0.2) is 5.75 Å². The van der Waals surface area contributed by atoms with E-state index in [-0.39, 0.29) is 17.1 Å². The maximum Gasteiger partial charge on any atom is 0.292 e. The first-order valence-corrected chi connectivity index (χ1v) is 10.9. The molecule has 0 saturated carbocycles. The quantitative estimate of drug-likeness (QED) is 0.379. The van der Waals surface area contributed by atoms with Crippen LogP contribution in [0.15, 0.2) is 83.9 Å². The summed E-state index contributed by atoms with van der Waals surface area (Å²) in [6, 6.07) is 19.9. The highest BCUT2D eigenvalue weighted by Gasteiger charge is 2.25. The van der Waals surface area contributed by atoms with Gasteiger partial charge in [0.1, 0.15) is 23.4 Å². The van der Waals surface area contributed by atoms with Crippen LogP contribution >= 0.6 is 0 Å². The van der Waals surface area contributed by atoms with E-state index in [9.17, 15) is 4.79 Å². The van der Waals surface area contributed by atoms with Gasteiger partial charge in [-0.05, 0) is 48.4 Å². The predicted octanol–water partition coefficient (Wildman–Crippen LogP) is 4.89.